The maximum Gasteiger partial charge on any atom is 0.324 e. The molecule has 20 heavy (non-hydrogen) atoms. The molecule has 0 aliphatic heterocycles. The van der Waals surface area contributed by atoms with Gasteiger partial charge in [-0.2, -0.15) is 0 Å². The molecular formula is C11H9N3O4S2. The molecule has 2 heterocycles. The molecule has 9 heteroatoms. The van der Waals surface area contributed by atoms with Gasteiger partial charge in [-0.25, -0.2) is 0 Å². The first kappa shape index (κ1) is 14.2. The fourth-order valence-corrected chi connectivity index (χ4v) is 2.81. The van der Waals surface area contributed by atoms with Gasteiger partial charge >= 0.3 is 5.00 Å². The van der Waals surface area contributed by atoms with Gasteiger partial charge in [-0.05, 0) is 19.1 Å². The van der Waals surface area contributed by atoms with Gasteiger partial charge in [0.25, 0.3) is 11.8 Å². The number of amides is 2. The van der Waals surface area contributed by atoms with Crippen molar-refractivity contribution in [2.45, 2.75) is 6.92 Å². The third-order valence-corrected chi connectivity index (χ3v) is 4.16. The average Bonchev–Trinajstić information content (AvgIpc) is 3.04. The number of rotatable bonds is 3. The van der Waals surface area contributed by atoms with Crippen LogP contribution < -0.4 is 10.9 Å². The molecule has 0 fully saturated rings. The van der Waals surface area contributed by atoms with Gasteiger partial charge in [-0.1, -0.05) is 11.3 Å². The van der Waals surface area contributed by atoms with Gasteiger partial charge in [0, 0.05) is 16.3 Å². The topological polar surface area (TPSA) is 101 Å². The maximum atomic E-state index is 11.7. The van der Waals surface area contributed by atoms with Crippen LogP contribution in [0, 0.1) is 17.0 Å². The van der Waals surface area contributed by atoms with Crippen molar-refractivity contribution in [3.63, 3.8) is 0 Å². The Morgan fingerprint density at radius 3 is 2.50 bits per heavy atom. The fraction of sp³-hybridized carbons (Fsp3) is 0.0909. The van der Waals surface area contributed by atoms with Crippen molar-refractivity contribution in [3.8, 4) is 0 Å². The van der Waals surface area contributed by atoms with Gasteiger partial charge in [0.2, 0.25) is 0 Å². The first-order valence-corrected chi connectivity index (χ1v) is 7.07. The van der Waals surface area contributed by atoms with Crippen LogP contribution in [-0.2, 0) is 0 Å². The molecule has 2 aromatic heterocycles. The number of carbonyl (C=O) groups is 2. The zero-order valence-corrected chi connectivity index (χ0v) is 11.8. The zero-order chi connectivity index (χ0) is 14.7. The molecule has 0 radical (unpaired) electrons. The van der Waals surface area contributed by atoms with E-state index in [4.69, 9.17) is 0 Å². The molecule has 0 aliphatic carbocycles. The average molecular weight is 311 g/mol. The second-order valence-electron chi connectivity index (χ2n) is 3.75. The Labute approximate surface area is 121 Å². The molecule has 0 aliphatic rings. The van der Waals surface area contributed by atoms with Gasteiger partial charge in [-0.3, -0.25) is 30.6 Å². The second-order valence-corrected chi connectivity index (χ2v) is 5.93. The van der Waals surface area contributed by atoms with Crippen molar-refractivity contribution in [2.75, 3.05) is 0 Å². The van der Waals surface area contributed by atoms with Crippen molar-refractivity contribution in [2.24, 2.45) is 0 Å². The van der Waals surface area contributed by atoms with Crippen molar-refractivity contribution >= 4 is 39.5 Å². The summed E-state index contributed by atoms with van der Waals surface area (Å²) in [6.07, 6.45) is 0. The van der Waals surface area contributed by atoms with Gasteiger partial charge in [0.15, 0.2) is 0 Å². The van der Waals surface area contributed by atoms with E-state index in [2.05, 4.69) is 10.9 Å². The molecular weight excluding hydrogens is 302 g/mol. The van der Waals surface area contributed by atoms with E-state index in [9.17, 15) is 19.7 Å². The first-order valence-electron chi connectivity index (χ1n) is 5.37. The lowest BCUT2D eigenvalue weighted by Crippen LogP contribution is -2.41. The molecule has 0 spiro atoms. The Kier molecular flexibility index (Phi) is 4.11. The van der Waals surface area contributed by atoms with Gasteiger partial charge < -0.3 is 0 Å². The Morgan fingerprint density at radius 2 is 1.95 bits per heavy atom. The van der Waals surface area contributed by atoms with E-state index in [1.54, 1.807) is 12.1 Å². The normalized spacial score (nSPS) is 10.1. The molecule has 7 nitrogen and oxygen atoms in total. The third-order valence-electron chi connectivity index (χ3n) is 2.28. The van der Waals surface area contributed by atoms with Crippen LogP contribution in [0.2, 0.25) is 0 Å². The predicted octanol–water partition coefficient (Wildman–Crippen LogP) is 2.10. The monoisotopic (exact) mass is 311 g/mol. The van der Waals surface area contributed by atoms with E-state index in [-0.39, 0.29) is 10.6 Å². The van der Waals surface area contributed by atoms with Crippen LogP contribution in [0.4, 0.5) is 5.00 Å². The van der Waals surface area contributed by atoms with Gasteiger partial charge in [0.1, 0.15) is 0 Å². The minimum absolute atomic E-state index is 0.129. The maximum absolute atomic E-state index is 11.7. The van der Waals surface area contributed by atoms with Crippen molar-refractivity contribution in [1.29, 1.82) is 0 Å². The van der Waals surface area contributed by atoms with E-state index >= 15 is 0 Å². The fourth-order valence-electron chi connectivity index (χ4n) is 1.34. The number of aryl methyl sites for hydroxylation is 1. The first-order chi connectivity index (χ1) is 9.47. The molecule has 2 rings (SSSR count). The molecule has 0 saturated heterocycles. The summed E-state index contributed by atoms with van der Waals surface area (Å²) in [5, 5.41) is 11.7. The lowest BCUT2D eigenvalue weighted by molar-refractivity contribution is -0.380. The Bertz CT molecular complexity index is 677. The van der Waals surface area contributed by atoms with E-state index in [0.29, 0.717) is 4.88 Å². The highest BCUT2D eigenvalue weighted by molar-refractivity contribution is 7.14. The molecule has 0 unspecified atom stereocenters. The molecule has 2 N–H and O–H groups in total. The highest BCUT2D eigenvalue weighted by atomic mass is 32.1. The SMILES string of the molecule is Cc1ccc(C(=O)NNC(=O)c2csc([N+](=O)[O-])c2)s1. The highest BCUT2D eigenvalue weighted by Gasteiger charge is 2.16. The van der Waals surface area contributed by atoms with Crippen molar-refractivity contribution < 1.29 is 14.5 Å². The number of hydrogen-bond acceptors (Lipinski definition) is 6. The minimum Gasteiger partial charge on any atom is -0.267 e. The Hall–Kier alpha value is -2.26. The van der Waals surface area contributed by atoms with Crippen LogP contribution in [0.15, 0.2) is 23.6 Å². The number of nitro groups is 1. The van der Waals surface area contributed by atoms with E-state index in [1.807, 2.05) is 6.92 Å². The van der Waals surface area contributed by atoms with Crippen LogP contribution in [0.25, 0.3) is 0 Å². The van der Waals surface area contributed by atoms with E-state index in [0.717, 1.165) is 22.3 Å². The van der Waals surface area contributed by atoms with Crippen molar-refractivity contribution in [3.05, 3.63) is 49.0 Å². The number of nitrogens with zero attached hydrogens (tertiary/aromatic N) is 1. The smallest absolute Gasteiger partial charge is 0.267 e. The van der Waals surface area contributed by atoms with Crippen LogP contribution in [-0.4, -0.2) is 16.7 Å². The third kappa shape index (κ3) is 3.19. The lowest BCUT2D eigenvalue weighted by atomic mass is 10.3. The molecule has 0 atom stereocenters. The van der Waals surface area contributed by atoms with E-state index < -0.39 is 16.7 Å². The highest BCUT2D eigenvalue weighted by Crippen LogP contribution is 2.22. The van der Waals surface area contributed by atoms with Gasteiger partial charge in [0.05, 0.1) is 15.4 Å². The lowest BCUT2D eigenvalue weighted by Gasteiger charge is -2.04. The molecule has 0 bridgehead atoms. The molecule has 0 aromatic carbocycles. The molecule has 2 aromatic rings. The number of hydrazine groups is 1. The van der Waals surface area contributed by atoms with E-state index in [1.165, 1.54) is 16.7 Å². The summed E-state index contributed by atoms with van der Waals surface area (Å²) in [4.78, 5) is 34.8. The molecule has 104 valence electrons. The number of nitrogens with one attached hydrogen (secondary N) is 2. The number of thiophene rings is 2. The molecule has 2 amide bonds. The number of carbonyl (C=O) groups excluding carboxylic acids is 2. The number of hydrogen-bond donors (Lipinski definition) is 2. The second kappa shape index (κ2) is 5.80. The largest absolute Gasteiger partial charge is 0.324 e. The Balaban J connectivity index is 1.94. The Morgan fingerprint density at radius 1 is 1.25 bits per heavy atom. The summed E-state index contributed by atoms with van der Waals surface area (Å²) in [5.74, 6) is -1.03. The molecule has 0 saturated carbocycles. The van der Waals surface area contributed by atoms with Gasteiger partial charge in [-0.15, -0.1) is 11.3 Å². The quantitative estimate of drug-likeness (QED) is 0.669. The predicted molar refractivity (Wildman–Crippen MR) is 75.0 cm³/mol. The summed E-state index contributed by atoms with van der Waals surface area (Å²) < 4.78 is 0. The van der Waals surface area contributed by atoms with Crippen LogP contribution in [0.5, 0.6) is 0 Å². The minimum atomic E-state index is -0.601. The summed E-state index contributed by atoms with van der Waals surface area (Å²) in [5.41, 5.74) is 4.60. The standard InChI is InChI=1S/C11H9N3O4S2/c1-6-2-3-8(20-6)11(16)13-12-10(15)7-4-9(14(17)18)19-5-7/h2-5H,1H3,(H,12,15)(H,13,16). The summed E-state index contributed by atoms with van der Waals surface area (Å²) in [6.45, 7) is 1.87. The van der Waals surface area contributed by atoms with Crippen LogP contribution >= 0.6 is 22.7 Å². The summed E-state index contributed by atoms with van der Waals surface area (Å²) in [7, 11) is 0. The zero-order valence-electron chi connectivity index (χ0n) is 10.2. The summed E-state index contributed by atoms with van der Waals surface area (Å²) in [6, 6.07) is 4.60. The van der Waals surface area contributed by atoms with Crippen molar-refractivity contribution in [1.82, 2.24) is 10.9 Å². The van der Waals surface area contributed by atoms with Crippen LogP contribution in [0.1, 0.15) is 24.9 Å². The van der Waals surface area contributed by atoms with Crippen LogP contribution in [0.3, 0.4) is 0 Å². The summed E-state index contributed by atoms with van der Waals surface area (Å²) >= 11 is 2.15.